The Kier molecular flexibility index (Phi) is 5.08. The molecule has 116 valence electrons. The van der Waals surface area contributed by atoms with E-state index in [0.29, 0.717) is 5.13 Å². The minimum absolute atomic E-state index is 0.0460. The van der Waals surface area contributed by atoms with Gasteiger partial charge in [-0.05, 0) is 31.0 Å². The highest BCUT2D eigenvalue weighted by Gasteiger charge is 2.21. The fourth-order valence-electron chi connectivity index (χ4n) is 2.56. The molecule has 0 saturated carbocycles. The molecule has 22 heavy (non-hydrogen) atoms. The maximum Gasteiger partial charge on any atom is 0.230 e. The Morgan fingerprint density at radius 2 is 2.32 bits per heavy atom. The van der Waals surface area contributed by atoms with E-state index in [0.717, 1.165) is 47.8 Å². The van der Waals surface area contributed by atoms with Crippen molar-refractivity contribution in [2.75, 3.05) is 18.4 Å². The van der Waals surface area contributed by atoms with Crippen LogP contribution < -0.4 is 10.6 Å². The number of carbonyl (C=O) groups excluding carboxylic acids is 1. The van der Waals surface area contributed by atoms with Crippen LogP contribution in [-0.4, -0.2) is 24.0 Å². The van der Waals surface area contributed by atoms with Crippen LogP contribution in [0.15, 0.2) is 30.5 Å². The minimum Gasteiger partial charge on any atom is -0.316 e. The Balaban J connectivity index is 1.61. The molecule has 6 heteroatoms. The van der Waals surface area contributed by atoms with E-state index in [2.05, 4.69) is 15.6 Å². The van der Waals surface area contributed by atoms with Gasteiger partial charge in [0.2, 0.25) is 5.91 Å². The first-order valence-corrected chi connectivity index (χ1v) is 8.61. The molecule has 0 spiro atoms. The first-order chi connectivity index (χ1) is 10.7. The van der Waals surface area contributed by atoms with E-state index in [1.165, 1.54) is 11.3 Å². The molecule has 1 unspecified atom stereocenters. The molecule has 3 rings (SSSR count). The van der Waals surface area contributed by atoms with Gasteiger partial charge in [-0.15, -0.1) is 11.3 Å². The molecule has 2 aromatic rings. The summed E-state index contributed by atoms with van der Waals surface area (Å²) in [5.41, 5.74) is 1.07. The zero-order valence-corrected chi connectivity index (χ0v) is 13.7. The summed E-state index contributed by atoms with van der Waals surface area (Å²) in [5, 5.41) is 7.60. The normalized spacial score (nSPS) is 18.1. The summed E-state index contributed by atoms with van der Waals surface area (Å²) < 4.78 is 0. The number of rotatable bonds is 4. The third kappa shape index (κ3) is 3.85. The summed E-state index contributed by atoms with van der Waals surface area (Å²) in [6.45, 7) is 1.76. The number of aromatic nitrogens is 1. The molecule has 1 fully saturated rings. The second-order valence-electron chi connectivity index (χ2n) is 5.43. The average molecular weight is 336 g/mol. The van der Waals surface area contributed by atoms with Crippen LogP contribution in [-0.2, 0) is 11.2 Å². The SMILES string of the molecule is O=C(Nc1ncc(Cc2ccccc2Cl)s1)C1CCCNC1. The summed E-state index contributed by atoms with van der Waals surface area (Å²) in [7, 11) is 0. The van der Waals surface area contributed by atoms with Gasteiger partial charge >= 0.3 is 0 Å². The predicted molar refractivity (Wildman–Crippen MR) is 90.6 cm³/mol. The summed E-state index contributed by atoms with van der Waals surface area (Å²) in [4.78, 5) is 17.6. The number of hydrogen-bond donors (Lipinski definition) is 2. The maximum absolute atomic E-state index is 12.2. The minimum atomic E-state index is 0.0460. The molecule has 1 saturated heterocycles. The smallest absolute Gasteiger partial charge is 0.230 e. The largest absolute Gasteiger partial charge is 0.316 e. The van der Waals surface area contributed by atoms with Crippen LogP contribution in [0.2, 0.25) is 5.02 Å². The van der Waals surface area contributed by atoms with E-state index in [-0.39, 0.29) is 11.8 Å². The lowest BCUT2D eigenvalue weighted by Crippen LogP contribution is -2.37. The van der Waals surface area contributed by atoms with Gasteiger partial charge in [-0.25, -0.2) is 4.98 Å². The lowest BCUT2D eigenvalue weighted by atomic mass is 9.99. The Morgan fingerprint density at radius 1 is 1.45 bits per heavy atom. The van der Waals surface area contributed by atoms with Gasteiger partial charge in [0.25, 0.3) is 0 Å². The number of nitrogens with one attached hydrogen (secondary N) is 2. The zero-order chi connectivity index (χ0) is 15.4. The van der Waals surface area contributed by atoms with Crippen molar-refractivity contribution in [3.8, 4) is 0 Å². The maximum atomic E-state index is 12.2. The topological polar surface area (TPSA) is 54.0 Å². The third-order valence-electron chi connectivity index (χ3n) is 3.77. The number of carbonyl (C=O) groups is 1. The van der Waals surface area contributed by atoms with E-state index in [1.54, 1.807) is 0 Å². The van der Waals surface area contributed by atoms with Gasteiger partial charge < -0.3 is 10.6 Å². The number of piperidine rings is 1. The van der Waals surface area contributed by atoms with Crippen LogP contribution in [0, 0.1) is 5.92 Å². The fourth-order valence-corrected chi connectivity index (χ4v) is 3.60. The van der Waals surface area contributed by atoms with Crippen molar-refractivity contribution in [2.24, 2.45) is 5.92 Å². The predicted octanol–water partition coefficient (Wildman–Crippen LogP) is 3.33. The second-order valence-corrected chi connectivity index (χ2v) is 6.95. The van der Waals surface area contributed by atoms with Crippen LogP contribution in [0.1, 0.15) is 23.3 Å². The molecule has 4 nitrogen and oxygen atoms in total. The van der Waals surface area contributed by atoms with Gasteiger partial charge in [-0.3, -0.25) is 4.79 Å². The molecule has 2 N–H and O–H groups in total. The molecule has 1 aromatic heterocycles. The van der Waals surface area contributed by atoms with E-state index in [9.17, 15) is 4.79 Å². The van der Waals surface area contributed by atoms with Crippen molar-refractivity contribution >= 4 is 34.0 Å². The van der Waals surface area contributed by atoms with E-state index in [1.807, 2.05) is 30.5 Å². The number of benzene rings is 1. The van der Waals surface area contributed by atoms with Gasteiger partial charge in [0, 0.05) is 29.1 Å². The van der Waals surface area contributed by atoms with Crippen LogP contribution >= 0.6 is 22.9 Å². The van der Waals surface area contributed by atoms with E-state index in [4.69, 9.17) is 11.6 Å². The number of halogens is 1. The number of anilines is 1. The number of hydrogen-bond acceptors (Lipinski definition) is 4. The summed E-state index contributed by atoms with van der Waals surface area (Å²) in [5.74, 6) is 0.107. The number of nitrogens with zero attached hydrogens (tertiary/aromatic N) is 1. The molecule has 0 bridgehead atoms. The van der Waals surface area contributed by atoms with Crippen molar-refractivity contribution in [2.45, 2.75) is 19.3 Å². The highest BCUT2D eigenvalue weighted by molar-refractivity contribution is 7.15. The van der Waals surface area contributed by atoms with Crippen molar-refractivity contribution in [1.29, 1.82) is 0 Å². The van der Waals surface area contributed by atoms with E-state index < -0.39 is 0 Å². The second kappa shape index (κ2) is 7.22. The standard InChI is InChI=1S/C16H18ClN3OS/c17-14-6-2-1-4-11(14)8-13-10-19-16(22-13)20-15(21)12-5-3-7-18-9-12/h1-2,4,6,10,12,18H,3,5,7-9H2,(H,19,20,21). The van der Waals surface area contributed by atoms with Gasteiger partial charge in [0.05, 0.1) is 5.92 Å². The molecular weight excluding hydrogens is 318 g/mol. The molecule has 2 heterocycles. The average Bonchev–Trinajstić information content (AvgIpc) is 2.97. The summed E-state index contributed by atoms with van der Waals surface area (Å²) in [6.07, 6.45) is 4.53. The highest BCUT2D eigenvalue weighted by Crippen LogP contribution is 2.25. The Bertz CT molecular complexity index is 652. The Labute approximate surface area is 138 Å². The third-order valence-corrected chi connectivity index (χ3v) is 5.06. The van der Waals surface area contributed by atoms with Crippen LogP contribution in [0.25, 0.3) is 0 Å². The van der Waals surface area contributed by atoms with Gasteiger partial charge in [-0.2, -0.15) is 0 Å². The van der Waals surface area contributed by atoms with Crippen molar-refractivity contribution in [1.82, 2.24) is 10.3 Å². The molecule has 1 aliphatic heterocycles. The van der Waals surface area contributed by atoms with Crippen LogP contribution in [0.5, 0.6) is 0 Å². The fraction of sp³-hybridized carbons (Fsp3) is 0.375. The van der Waals surface area contributed by atoms with Crippen LogP contribution in [0.4, 0.5) is 5.13 Å². The molecule has 0 aliphatic carbocycles. The first-order valence-electron chi connectivity index (χ1n) is 7.42. The quantitative estimate of drug-likeness (QED) is 0.901. The van der Waals surface area contributed by atoms with E-state index >= 15 is 0 Å². The van der Waals surface area contributed by atoms with Gasteiger partial charge in [0.1, 0.15) is 0 Å². The zero-order valence-electron chi connectivity index (χ0n) is 12.1. The molecule has 1 atom stereocenters. The molecule has 1 amide bonds. The van der Waals surface area contributed by atoms with Gasteiger partial charge in [-0.1, -0.05) is 29.8 Å². The van der Waals surface area contributed by atoms with Crippen molar-refractivity contribution in [3.05, 3.63) is 45.9 Å². The van der Waals surface area contributed by atoms with Crippen molar-refractivity contribution < 1.29 is 4.79 Å². The molecule has 0 radical (unpaired) electrons. The number of amides is 1. The van der Waals surface area contributed by atoms with Crippen molar-refractivity contribution in [3.63, 3.8) is 0 Å². The molecule has 1 aromatic carbocycles. The Morgan fingerprint density at radius 3 is 3.09 bits per heavy atom. The van der Waals surface area contributed by atoms with Crippen LogP contribution in [0.3, 0.4) is 0 Å². The lowest BCUT2D eigenvalue weighted by Gasteiger charge is -2.21. The Hall–Kier alpha value is -1.43. The monoisotopic (exact) mass is 335 g/mol. The number of thiazole rings is 1. The summed E-state index contributed by atoms with van der Waals surface area (Å²) >= 11 is 7.68. The summed E-state index contributed by atoms with van der Waals surface area (Å²) in [6, 6.07) is 7.79. The lowest BCUT2D eigenvalue weighted by molar-refractivity contribution is -0.120. The first kappa shape index (κ1) is 15.5. The molecular formula is C16H18ClN3OS. The van der Waals surface area contributed by atoms with Gasteiger partial charge in [0.15, 0.2) is 5.13 Å². The molecule has 1 aliphatic rings. The highest BCUT2D eigenvalue weighted by atomic mass is 35.5.